The van der Waals surface area contributed by atoms with Crippen LogP contribution >= 0.6 is 0 Å². The number of nitrogens with one attached hydrogen (secondary N) is 1. The lowest BCUT2D eigenvalue weighted by Crippen LogP contribution is -2.21. The Kier molecular flexibility index (Phi) is 4.77. The highest BCUT2D eigenvalue weighted by Crippen LogP contribution is 2.23. The van der Waals surface area contributed by atoms with E-state index in [0.717, 1.165) is 11.3 Å². The van der Waals surface area contributed by atoms with Gasteiger partial charge in [-0.05, 0) is 29.7 Å². The van der Waals surface area contributed by atoms with Crippen molar-refractivity contribution in [2.24, 2.45) is 0 Å². The molecule has 1 amide bonds. The van der Waals surface area contributed by atoms with Gasteiger partial charge in [-0.15, -0.1) is 0 Å². The van der Waals surface area contributed by atoms with E-state index in [1.54, 1.807) is 0 Å². The molecule has 1 N–H and O–H groups in total. The summed E-state index contributed by atoms with van der Waals surface area (Å²) in [5.74, 6) is 0.906. The van der Waals surface area contributed by atoms with Crippen molar-refractivity contribution in [1.82, 2.24) is 0 Å². The van der Waals surface area contributed by atoms with Gasteiger partial charge in [0, 0.05) is 5.69 Å². The first-order chi connectivity index (χ1) is 9.66. The smallest absolute Gasteiger partial charge is 0.262 e. The van der Waals surface area contributed by atoms with Gasteiger partial charge in [0.1, 0.15) is 5.75 Å². The van der Waals surface area contributed by atoms with Crippen molar-refractivity contribution in [3.8, 4) is 5.75 Å². The van der Waals surface area contributed by atoms with Crippen molar-refractivity contribution < 1.29 is 9.53 Å². The van der Waals surface area contributed by atoms with Crippen LogP contribution in [0.3, 0.4) is 0 Å². The molecule has 0 fully saturated rings. The lowest BCUT2D eigenvalue weighted by molar-refractivity contribution is -0.118. The fourth-order valence-electron chi connectivity index (χ4n) is 1.97. The van der Waals surface area contributed by atoms with Gasteiger partial charge in [0.2, 0.25) is 0 Å². The minimum atomic E-state index is -0.151. The Balaban J connectivity index is 1.95. The molecular formula is C17H19NO2. The minimum absolute atomic E-state index is 0.0104. The van der Waals surface area contributed by atoms with Gasteiger partial charge in [-0.1, -0.05) is 50.2 Å². The minimum Gasteiger partial charge on any atom is -0.484 e. The monoisotopic (exact) mass is 269 g/mol. The van der Waals surface area contributed by atoms with Crippen LogP contribution in [-0.4, -0.2) is 12.5 Å². The number of benzene rings is 2. The first kappa shape index (κ1) is 14.1. The normalized spacial score (nSPS) is 10.3. The van der Waals surface area contributed by atoms with E-state index in [4.69, 9.17) is 4.74 Å². The van der Waals surface area contributed by atoms with E-state index in [9.17, 15) is 4.79 Å². The molecule has 0 heterocycles. The molecule has 0 radical (unpaired) electrons. The van der Waals surface area contributed by atoms with Gasteiger partial charge in [0.05, 0.1) is 0 Å². The number of amides is 1. The van der Waals surface area contributed by atoms with E-state index < -0.39 is 0 Å². The van der Waals surface area contributed by atoms with Crippen LogP contribution in [0.25, 0.3) is 0 Å². The van der Waals surface area contributed by atoms with Crippen LogP contribution in [0.15, 0.2) is 54.6 Å². The Hall–Kier alpha value is -2.29. The van der Waals surface area contributed by atoms with Gasteiger partial charge in [0.25, 0.3) is 5.91 Å². The summed E-state index contributed by atoms with van der Waals surface area (Å²) in [6.07, 6.45) is 0. The molecule has 0 atom stereocenters. The lowest BCUT2D eigenvalue weighted by Gasteiger charge is -2.13. The largest absolute Gasteiger partial charge is 0.484 e. The maximum Gasteiger partial charge on any atom is 0.262 e. The quantitative estimate of drug-likeness (QED) is 0.896. The Labute approximate surface area is 119 Å². The fourth-order valence-corrected chi connectivity index (χ4v) is 1.97. The summed E-state index contributed by atoms with van der Waals surface area (Å²) in [6.45, 7) is 4.22. The van der Waals surface area contributed by atoms with Crippen LogP contribution in [0.2, 0.25) is 0 Å². The predicted molar refractivity (Wildman–Crippen MR) is 81.1 cm³/mol. The zero-order valence-corrected chi connectivity index (χ0v) is 11.8. The highest BCUT2D eigenvalue weighted by atomic mass is 16.5. The zero-order chi connectivity index (χ0) is 14.4. The van der Waals surface area contributed by atoms with Gasteiger partial charge in [0.15, 0.2) is 6.61 Å². The van der Waals surface area contributed by atoms with Crippen LogP contribution in [0.4, 0.5) is 5.69 Å². The highest BCUT2D eigenvalue weighted by molar-refractivity contribution is 5.92. The third kappa shape index (κ3) is 3.85. The van der Waals surface area contributed by atoms with Crippen molar-refractivity contribution in [2.75, 3.05) is 11.9 Å². The van der Waals surface area contributed by atoms with Crippen LogP contribution < -0.4 is 10.1 Å². The number of hydrogen-bond donors (Lipinski definition) is 1. The molecule has 0 aliphatic rings. The Morgan fingerprint density at radius 3 is 2.40 bits per heavy atom. The highest BCUT2D eigenvalue weighted by Gasteiger charge is 2.09. The molecule has 0 aliphatic carbocycles. The van der Waals surface area contributed by atoms with Crippen LogP contribution in [-0.2, 0) is 4.79 Å². The van der Waals surface area contributed by atoms with Crippen molar-refractivity contribution in [3.63, 3.8) is 0 Å². The second-order valence-corrected chi connectivity index (χ2v) is 4.89. The second-order valence-electron chi connectivity index (χ2n) is 4.89. The first-order valence-corrected chi connectivity index (χ1v) is 6.73. The molecule has 0 aromatic heterocycles. The number of hydrogen-bond acceptors (Lipinski definition) is 2. The predicted octanol–water partition coefficient (Wildman–Crippen LogP) is 3.83. The molecule has 3 nitrogen and oxygen atoms in total. The maximum absolute atomic E-state index is 11.9. The number of ether oxygens (including phenoxy) is 1. The molecule has 3 heteroatoms. The molecule has 0 spiro atoms. The molecule has 2 rings (SSSR count). The SMILES string of the molecule is CC(C)c1ccccc1NC(=O)COc1ccccc1. The van der Waals surface area contributed by atoms with E-state index in [1.165, 1.54) is 0 Å². The fraction of sp³-hybridized carbons (Fsp3) is 0.235. The molecule has 0 bridgehead atoms. The van der Waals surface area contributed by atoms with Crippen LogP contribution in [0.5, 0.6) is 5.75 Å². The summed E-state index contributed by atoms with van der Waals surface area (Å²) in [4.78, 5) is 11.9. The topological polar surface area (TPSA) is 38.3 Å². The summed E-state index contributed by atoms with van der Waals surface area (Å²) in [7, 11) is 0. The summed E-state index contributed by atoms with van der Waals surface area (Å²) in [5.41, 5.74) is 1.98. The van der Waals surface area contributed by atoms with Crippen LogP contribution in [0, 0.1) is 0 Å². The Morgan fingerprint density at radius 1 is 1.05 bits per heavy atom. The van der Waals surface area contributed by atoms with E-state index in [1.807, 2.05) is 54.6 Å². The molecule has 20 heavy (non-hydrogen) atoms. The molecule has 0 aliphatic heterocycles. The van der Waals surface area contributed by atoms with Gasteiger partial charge in [-0.2, -0.15) is 0 Å². The molecule has 0 saturated heterocycles. The number of carbonyl (C=O) groups is 1. The van der Waals surface area contributed by atoms with Crippen molar-refractivity contribution in [3.05, 3.63) is 60.2 Å². The van der Waals surface area contributed by atoms with Crippen molar-refractivity contribution in [1.29, 1.82) is 0 Å². The lowest BCUT2D eigenvalue weighted by atomic mass is 10.0. The standard InChI is InChI=1S/C17H19NO2/c1-13(2)15-10-6-7-11-16(15)18-17(19)12-20-14-8-4-3-5-9-14/h3-11,13H,12H2,1-2H3,(H,18,19). The van der Waals surface area contributed by atoms with Gasteiger partial charge in [-0.3, -0.25) is 4.79 Å². The van der Waals surface area contributed by atoms with Gasteiger partial charge < -0.3 is 10.1 Å². The average molecular weight is 269 g/mol. The molecule has 2 aromatic carbocycles. The number of para-hydroxylation sites is 2. The Morgan fingerprint density at radius 2 is 1.70 bits per heavy atom. The average Bonchev–Trinajstić information content (AvgIpc) is 2.46. The summed E-state index contributed by atoms with van der Waals surface area (Å²) in [5, 5.41) is 2.90. The third-order valence-corrected chi connectivity index (χ3v) is 2.97. The molecular weight excluding hydrogens is 250 g/mol. The third-order valence-electron chi connectivity index (χ3n) is 2.97. The molecule has 0 unspecified atom stereocenters. The number of anilines is 1. The molecule has 104 valence electrons. The van der Waals surface area contributed by atoms with Crippen molar-refractivity contribution in [2.45, 2.75) is 19.8 Å². The summed E-state index contributed by atoms with van der Waals surface area (Å²) < 4.78 is 5.43. The van der Waals surface area contributed by atoms with Crippen molar-refractivity contribution >= 4 is 11.6 Å². The molecule has 2 aromatic rings. The Bertz CT molecular complexity index is 564. The molecule has 0 saturated carbocycles. The number of rotatable bonds is 5. The summed E-state index contributed by atoms with van der Waals surface area (Å²) >= 11 is 0. The van der Waals surface area contributed by atoms with E-state index in [2.05, 4.69) is 19.2 Å². The van der Waals surface area contributed by atoms with E-state index >= 15 is 0 Å². The van der Waals surface area contributed by atoms with Gasteiger partial charge >= 0.3 is 0 Å². The van der Waals surface area contributed by atoms with E-state index in [-0.39, 0.29) is 12.5 Å². The maximum atomic E-state index is 11.9. The first-order valence-electron chi connectivity index (χ1n) is 6.73. The number of carbonyl (C=O) groups excluding carboxylic acids is 1. The zero-order valence-electron chi connectivity index (χ0n) is 11.8. The van der Waals surface area contributed by atoms with E-state index in [0.29, 0.717) is 11.7 Å². The van der Waals surface area contributed by atoms with Crippen LogP contribution in [0.1, 0.15) is 25.3 Å². The van der Waals surface area contributed by atoms with Gasteiger partial charge in [-0.25, -0.2) is 0 Å². The summed E-state index contributed by atoms with van der Waals surface area (Å²) in [6, 6.07) is 17.2. The second kappa shape index (κ2) is 6.75.